The third-order valence-electron chi connectivity index (χ3n) is 1.52. The van der Waals surface area contributed by atoms with Gasteiger partial charge in [0.05, 0.1) is 10.0 Å². The van der Waals surface area contributed by atoms with Crippen molar-refractivity contribution < 1.29 is 13.6 Å². The summed E-state index contributed by atoms with van der Waals surface area (Å²) < 4.78 is 24.7. The first kappa shape index (κ1) is 12.0. The number of rotatable bonds is 2. The summed E-state index contributed by atoms with van der Waals surface area (Å²) >= 11 is 7.95. The SMILES string of the molecule is N#Cc1cc(C(=O)Cl)c(Br)c(C(F)F)n1. The monoisotopic (exact) mass is 294 g/mol. The summed E-state index contributed by atoms with van der Waals surface area (Å²) in [7, 11) is 0. The molecule has 0 aromatic carbocycles. The first-order chi connectivity index (χ1) is 6.97. The number of alkyl halides is 2. The Labute approximate surface area is 96.8 Å². The van der Waals surface area contributed by atoms with E-state index in [1.165, 1.54) is 0 Å². The van der Waals surface area contributed by atoms with Crippen molar-refractivity contribution in [2.45, 2.75) is 6.43 Å². The minimum Gasteiger partial charge on any atom is -0.276 e. The van der Waals surface area contributed by atoms with Crippen molar-refractivity contribution in [3.63, 3.8) is 0 Å². The van der Waals surface area contributed by atoms with Crippen molar-refractivity contribution >= 4 is 32.8 Å². The summed E-state index contributed by atoms with van der Waals surface area (Å²) in [5.74, 6) is 0. The van der Waals surface area contributed by atoms with Crippen LogP contribution in [0.25, 0.3) is 0 Å². The van der Waals surface area contributed by atoms with Crippen LogP contribution in [0.15, 0.2) is 10.5 Å². The molecular weight excluding hydrogens is 293 g/mol. The molecule has 3 nitrogen and oxygen atoms in total. The zero-order chi connectivity index (χ0) is 11.6. The molecule has 0 radical (unpaired) electrons. The maximum atomic E-state index is 12.4. The Balaban J connectivity index is 3.49. The maximum Gasteiger partial charge on any atom is 0.281 e. The van der Waals surface area contributed by atoms with Gasteiger partial charge < -0.3 is 0 Å². The fourth-order valence-electron chi connectivity index (χ4n) is 0.894. The standard InChI is InChI=1S/C8H2BrClF2N2O/c9-5-4(7(10)15)1-3(2-13)14-6(5)8(11)12/h1,8H. The Bertz CT molecular complexity index is 459. The van der Waals surface area contributed by atoms with Crippen LogP contribution in [0.4, 0.5) is 8.78 Å². The Hall–Kier alpha value is -1.06. The average molecular weight is 295 g/mol. The highest BCUT2D eigenvalue weighted by atomic mass is 79.9. The molecule has 7 heteroatoms. The van der Waals surface area contributed by atoms with Crippen molar-refractivity contribution in [2.75, 3.05) is 0 Å². The molecule has 0 saturated heterocycles. The summed E-state index contributed by atoms with van der Waals surface area (Å²) in [4.78, 5) is 14.2. The van der Waals surface area contributed by atoms with Gasteiger partial charge in [-0.2, -0.15) is 5.26 Å². The number of carbonyl (C=O) groups excluding carboxylic acids is 1. The molecule has 0 spiro atoms. The Morgan fingerprint density at radius 3 is 2.67 bits per heavy atom. The van der Waals surface area contributed by atoms with Crippen LogP contribution < -0.4 is 0 Å². The van der Waals surface area contributed by atoms with E-state index in [1.807, 2.05) is 0 Å². The van der Waals surface area contributed by atoms with Crippen LogP contribution in [-0.4, -0.2) is 10.2 Å². The van der Waals surface area contributed by atoms with Crippen LogP contribution in [0.1, 0.15) is 28.2 Å². The molecule has 0 aliphatic heterocycles. The number of hydrogen-bond donors (Lipinski definition) is 0. The predicted molar refractivity (Wildman–Crippen MR) is 51.8 cm³/mol. The third kappa shape index (κ3) is 2.49. The Kier molecular flexibility index (Phi) is 3.72. The zero-order valence-corrected chi connectivity index (χ0v) is 9.31. The molecule has 0 aliphatic rings. The number of carbonyl (C=O) groups is 1. The molecular formula is C8H2BrClF2N2O. The van der Waals surface area contributed by atoms with Crippen LogP contribution in [-0.2, 0) is 0 Å². The van der Waals surface area contributed by atoms with Crippen molar-refractivity contribution in [3.8, 4) is 6.07 Å². The van der Waals surface area contributed by atoms with Gasteiger partial charge in [-0.05, 0) is 33.6 Å². The minimum absolute atomic E-state index is 0.184. The van der Waals surface area contributed by atoms with E-state index >= 15 is 0 Å². The third-order valence-corrected chi connectivity index (χ3v) is 2.55. The van der Waals surface area contributed by atoms with Gasteiger partial charge in [0, 0.05) is 0 Å². The van der Waals surface area contributed by atoms with Gasteiger partial charge in [0.25, 0.3) is 11.7 Å². The summed E-state index contributed by atoms with van der Waals surface area (Å²) in [5, 5.41) is 7.59. The van der Waals surface area contributed by atoms with E-state index in [1.54, 1.807) is 6.07 Å². The highest BCUT2D eigenvalue weighted by Gasteiger charge is 2.20. The molecule has 0 saturated carbocycles. The Morgan fingerprint density at radius 1 is 1.67 bits per heavy atom. The lowest BCUT2D eigenvalue weighted by Gasteiger charge is -2.05. The van der Waals surface area contributed by atoms with E-state index in [0.29, 0.717) is 0 Å². The largest absolute Gasteiger partial charge is 0.281 e. The van der Waals surface area contributed by atoms with E-state index in [9.17, 15) is 13.6 Å². The average Bonchev–Trinajstić information content (AvgIpc) is 2.17. The molecule has 1 aromatic rings. The van der Waals surface area contributed by atoms with Gasteiger partial charge in [0.1, 0.15) is 17.5 Å². The van der Waals surface area contributed by atoms with Crippen molar-refractivity contribution in [2.24, 2.45) is 0 Å². The van der Waals surface area contributed by atoms with Gasteiger partial charge in [0.15, 0.2) is 0 Å². The van der Waals surface area contributed by atoms with Crippen LogP contribution in [0, 0.1) is 11.3 Å². The second-order valence-electron chi connectivity index (χ2n) is 2.44. The lowest BCUT2D eigenvalue weighted by atomic mass is 10.2. The second kappa shape index (κ2) is 4.64. The van der Waals surface area contributed by atoms with Gasteiger partial charge in [0.2, 0.25) is 0 Å². The van der Waals surface area contributed by atoms with Crippen molar-refractivity contribution in [1.29, 1.82) is 5.26 Å². The first-order valence-corrected chi connectivity index (χ1v) is 4.73. The molecule has 0 bridgehead atoms. The normalized spacial score (nSPS) is 10.1. The second-order valence-corrected chi connectivity index (χ2v) is 3.58. The number of aromatic nitrogens is 1. The zero-order valence-electron chi connectivity index (χ0n) is 6.97. The number of nitrogens with zero attached hydrogens (tertiary/aromatic N) is 2. The highest BCUT2D eigenvalue weighted by Crippen LogP contribution is 2.29. The number of hydrogen-bond acceptors (Lipinski definition) is 3. The highest BCUT2D eigenvalue weighted by molar-refractivity contribution is 9.10. The molecule has 1 heterocycles. The Morgan fingerprint density at radius 2 is 2.27 bits per heavy atom. The van der Waals surface area contributed by atoms with Gasteiger partial charge in [-0.3, -0.25) is 4.79 Å². The van der Waals surface area contributed by atoms with E-state index in [2.05, 4.69) is 20.9 Å². The molecule has 0 amide bonds. The van der Waals surface area contributed by atoms with E-state index in [4.69, 9.17) is 16.9 Å². The number of halogens is 4. The molecule has 0 N–H and O–H groups in total. The molecule has 0 aliphatic carbocycles. The fourth-order valence-corrected chi connectivity index (χ4v) is 1.71. The first-order valence-electron chi connectivity index (χ1n) is 3.56. The van der Waals surface area contributed by atoms with Crippen LogP contribution in [0.3, 0.4) is 0 Å². The topological polar surface area (TPSA) is 53.8 Å². The smallest absolute Gasteiger partial charge is 0.276 e. The molecule has 1 rings (SSSR count). The molecule has 78 valence electrons. The van der Waals surface area contributed by atoms with Crippen molar-refractivity contribution in [1.82, 2.24) is 4.98 Å². The maximum absolute atomic E-state index is 12.4. The summed E-state index contributed by atoms with van der Waals surface area (Å²) in [6.07, 6.45) is -2.89. The van der Waals surface area contributed by atoms with Crippen LogP contribution in [0.5, 0.6) is 0 Å². The fraction of sp³-hybridized carbons (Fsp3) is 0.125. The van der Waals surface area contributed by atoms with Crippen LogP contribution in [0.2, 0.25) is 0 Å². The molecule has 1 aromatic heterocycles. The quantitative estimate of drug-likeness (QED) is 0.788. The number of nitriles is 1. The van der Waals surface area contributed by atoms with E-state index in [-0.39, 0.29) is 15.7 Å². The van der Waals surface area contributed by atoms with Gasteiger partial charge >= 0.3 is 0 Å². The van der Waals surface area contributed by atoms with Crippen molar-refractivity contribution in [3.05, 3.63) is 27.5 Å². The minimum atomic E-state index is -2.89. The van der Waals surface area contributed by atoms with Gasteiger partial charge in [-0.1, -0.05) is 0 Å². The molecule has 0 fully saturated rings. The van der Waals surface area contributed by atoms with Gasteiger partial charge in [-0.15, -0.1) is 0 Å². The molecule has 0 unspecified atom stereocenters. The van der Waals surface area contributed by atoms with E-state index in [0.717, 1.165) is 6.07 Å². The van der Waals surface area contributed by atoms with E-state index < -0.39 is 17.4 Å². The lowest BCUT2D eigenvalue weighted by Crippen LogP contribution is -2.02. The summed E-state index contributed by atoms with van der Waals surface area (Å²) in [6, 6.07) is 2.62. The molecule has 0 atom stereocenters. The predicted octanol–water partition coefficient (Wildman–Crippen LogP) is 3.03. The lowest BCUT2D eigenvalue weighted by molar-refractivity contribution is 0.107. The van der Waals surface area contributed by atoms with Gasteiger partial charge in [-0.25, -0.2) is 13.8 Å². The number of pyridine rings is 1. The van der Waals surface area contributed by atoms with Crippen LogP contribution >= 0.6 is 27.5 Å². The summed E-state index contributed by atoms with van der Waals surface area (Å²) in [6.45, 7) is 0. The summed E-state index contributed by atoms with van der Waals surface area (Å²) in [5.41, 5.74) is -1.14. The molecule has 15 heavy (non-hydrogen) atoms.